The second kappa shape index (κ2) is 10.2. The number of rotatable bonds is 8. The smallest absolute Gasteiger partial charge is 0.328 e. The molecule has 0 spiro atoms. The van der Waals surface area contributed by atoms with E-state index in [2.05, 4.69) is 24.4 Å². The van der Waals surface area contributed by atoms with Crippen molar-refractivity contribution in [2.75, 3.05) is 14.2 Å². The van der Waals surface area contributed by atoms with Crippen LogP contribution in [0.15, 0.2) is 35.7 Å². The molecule has 0 saturated heterocycles. The van der Waals surface area contributed by atoms with Crippen molar-refractivity contribution in [2.45, 2.75) is 45.7 Å². The van der Waals surface area contributed by atoms with Crippen molar-refractivity contribution in [1.82, 2.24) is 15.2 Å². The molecule has 7 heteroatoms. The summed E-state index contributed by atoms with van der Waals surface area (Å²) >= 11 is 1.61. The van der Waals surface area contributed by atoms with Crippen molar-refractivity contribution in [2.24, 2.45) is 5.92 Å². The zero-order valence-corrected chi connectivity index (χ0v) is 18.0. The SMILES string of the molecule is COC(=O)[C@@H](NC(=O)N(C)Cc1csc(C(C)Cc2ccccc2)n1)C(C)C. The van der Waals surface area contributed by atoms with E-state index >= 15 is 0 Å². The molecule has 0 aliphatic heterocycles. The highest BCUT2D eigenvalue weighted by atomic mass is 32.1. The summed E-state index contributed by atoms with van der Waals surface area (Å²) in [6.45, 7) is 6.27. The fourth-order valence-corrected chi connectivity index (χ4v) is 3.73. The first-order chi connectivity index (χ1) is 13.3. The number of hydrogen-bond donors (Lipinski definition) is 1. The monoisotopic (exact) mass is 403 g/mol. The topological polar surface area (TPSA) is 71.5 Å². The summed E-state index contributed by atoms with van der Waals surface area (Å²) in [4.78, 5) is 30.5. The third-order valence-corrected chi connectivity index (χ3v) is 5.65. The van der Waals surface area contributed by atoms with Crippen molar-refractivity contribution in [3.05, 3.63) is 52.0 Å². The van der Waals surface area contributed by atoms with Gasteiger partial charge in [-0.05, 0) is 17.9 Å². The van der Waals surface area contributed by atoms with Gasteiger partial charge >= 0.3 is 12.0 Å². The van der Waals surface area contributed by atoms with Crippen LogP contribution >= 0.6 is 11.3 Å². The van der Waals surface area contributed by atoms with Crippen LogP contribution in [0.2, 0.25) is 0 Å². The van der Waals surface area contributed by atoms with Gasteiger partial charge in [0.2, 0.25) is 0 Å². The summed E-state index contributed by atoms with van der Waals surface area (Å²) in [6, 6.07) is 9.35. The average molecular weight is 404 g/mol. The number of ether oxygens (including phenoxy) is 1. The molecular weight excluding hydrogens is 374 g/mol. The molecule has 1 heterocycles. The Labute approximate surface area is 170 Å². The van der Waals surface area contributed by atoms with E-state index in [9.17, 15) is 9.59 Å². The summed E-state index contributed by atoms with van der Waals surface area (Å²) in [5, 5.41) is 5.78. The fourth-order valence-electron chi connectivity index (χ4n) is 2.86. The third kappa shape index (κ3) is 6.05. The van der Waals surface area contributed by atoms with Crippen LogP contribution in [0.1, 0.15) is 43.0 Å². The van der Waals surface area contributed by atoms with Crippen LogP contribution in [0, 0.1) is 5.92 Å². The average Bonchev–Trinajstić information content (AvgIpc) is 3.14. The van der Waals surface area contributed by atoms with E-state index in [1.165, 1.54) is 17.6 Å². The van der Waals surface area contributed by atoms with Crippen LogP contribution in [0.3, 0.4) is 0 Å². The Morgan fingerprint density at radius 1 is 1.21 bits per heavy atom. The van der Waals surface area contributed by atoms with Gasteiger partial charge in [-0.25, -0.2) is 14.6 Å². The highest BCUT2D eigenvalue weighted by Crippen LogP contribution is 2.24. The van der Waals surface area contributed by atoms with E-state index < -0.39 is 12.0 Å². The fraction of sp³-hybridized carbons (Fsp3) is 0.476. The Morgan fingerprint density at radius 3 is 2.50 bits per heavy atom. The van der Waals surface area contributed by atoms with Gasteiger partial charge in [0.1, 0.15) is 6.04 Å². The number of methoxy groups -OCH3 is 1. The molecule has 2 aromatic rings. The minimum atomic E-state index is -0.670. The molecule has 1 aromatic carbocycles. The van der Waals surface area contributed by atoms with E-state index in [1.807, 2.05) is 37.4 Å². The standard InChI is InChI=1S/C21H29N3O3S/c1-14(2)18(20(25)27-5)23-21(26)24(4)12-17-13-28-19(22-17)15(3)11-16-9-7-6-8-10-16/h6-10,13-15,18H,11-12H2,1-5H3,(H,23,26)/t15?,18-/m0/s1. The molecule has 28 heavy (non-hydrogen) atoms. The zero-order chi connectivity index (χ0) is 20.7. The molecule has 0 radical (unpaired) electrons. The maximum Gasteiger partial charge on any atom is 0.328 e. The number of urea groups is 1. The first-order valence-corrected chi connectivity index (χ1v) is 10.3. The normalized spacial score (nSPS) is 13.1. The Bertz CT molecular complexity index is 776. The number of hydrogen-bond acceptors (Lipinski definition) is 5. The number of aromatic nitrogens is 1. The predicted octanol–water partition coefficient (Wildman–Crippen LogP) is 3.83. The predicted molar refractivity (Wildman–Crippen MR) is 111 cm³/mol. The quantitative estimate of drug-likeness (QED) is 0.680. The van der Waals surface area contributed by atoms with E-state index in [4.69, 9.17) is 9.72 Å². The van der Waals surface area contributed by atoms with Gasteiger partial charge in [-0.3, -0.25) is 0 Å². The van der Waals surface area contributed by atoms with E-state index in [-0.39, 0.29) is 11.9 Å². The number of amides is 2. The number of nitrogens with one attached hydrogen (secondary N) is 1. The van der Waals surface area contributed by atoms with E-state index in [0.717, 1.165) is 17.1 Å². The molecule has 0 aliphatic carbocycles. The number of thiazole rings is 1. The van der Waals surface area contributed by atoms with Gasteiger partial charge in [-0.2, -0.15) is 0 Å². The maximum absolute atomic E-state index is 12.4. The molecular formula is C21H29N3O3S. The lowest BCUT2D eigenvalue weighted by atomic mass is 10.0. The molecule has 6 nitrogen and oxygen atoms in total. The summed E-state index contributed by atoms with van der Waals surface area (Å²) in [5.41, 5.74) is 2.13. The van der Waals surface area contributed by atoms with E-state index in [0.29, 0.717) is 12.5 Å². The molecule has 0 aliphatic rings. The molecule has 2 atom stereocenters. The summed E-state index contributed by atoms with van der Waals surface area (Å²) in [7, 11) is 3.01. The number of esters is 1. The lowest BCUT2D eigenvalue weighted by Crippen LogP contribution is -2.49. The van der Waals surface area contributed by atoms with Gasteiger partial charge < -0.3 is 15.0 Å². The second-order valence-electron chi connectivity index (χ2n) is 7.32. The van der Waals surface area contributed by atoms with Crippen LogP contribution in [-0.2, 0) is 22.5 Å². The molecule has 0 fully saturated rings. The van der Waals surface area contributed by atoms with Crippen LogP contribution in [-0.4, -0.2) is 42.1 Å². The lowest BCUT2D eigenvalue weighted by Gasteiger charge is -2.23. The van der Waals surface area contributed by atoms with Gasteiger partial charge in [0.05, 0.1) is 24.4 Å². The molecule has 152 valence electrons. The Morgan fingerprint density at radius 2 is 1.89 bits per heavy atom. The van der Waals surface area contributed by atoms with Crippen molar-refractivity contribution < 1.29 is 14.3 Å². The van der Waals surface area contributed by atoms with Crippen LogP contribution < -0.4 is 5.32 Å². The van der Waals surface area contributed by atoms with Crippen LogP contribution in [0.25, 0.3) is 0 Å². The first kappa shape index (κ1) is 21.9. The largest absolute Gasteiger partial charge is 0.467 e. The molecule has 2 rings (SSSR count). The lowest BCUT2D eigenvalue weighted by molar-refractivity contribution is -0.144. The third-order valence-electron chi connectivity index (χ3n) is 4.52. The molecule has 0 saturated carbocycles. The minimum Gasteiger partial charge on any atom is -0.467 e. The summed E-state index contributed by atoms with van der Waals surface area (Å²) in [6.07, 6.45) is 0.930. The number of benzene rings is 1. The van der Waals surface area contributed by atoms with Crippen LogP contribution in [0.5, 0.6) is 0 Å². The van der Waals surface area contributed by atoms with Crippen LogP contribution in [0.4, 0.5) is 4.79 Å². The molecule has 2 amide bonds. The maximum atomic E-state index is 12.4. The Hall–Kier alpha value is -2.41. The van der Waals surface area contributed by atoms with Crippen molar-refractivity contribution in [1.29, 1.82) is 0 Å². The number of nitrogens with zero attached hydrogens (tertiary/aromatic N) is 2. The number of carbonyl (C=O) groups is 2. The molecule has 0 bridgehead atoms. The van der Waals surface area contributed by atoms with Crippen molar-refractivity contribution in [3.8, 4) is 0 Å². The molecule has 1 N–H and O–H groups in total. The molecule has 1 unspecified atom stereocenters. The van der Waals surface area contributed by atoms with Gasteiger partial charge in [0, 0.05) is 18.3 Å². The van der Waals surface area contributed by atoms with Gasteiger partial charge in [-0.15, -0.1) is 11.3 Å². The van der Waals surface area contributed by atoms with Gasteiger partial charge in [0.25, 0.3) is 0 Å². The summed E-state index contributed by atoms with van der Waals surface area (Å²) < 4.78 is 4.77. The van der Waals surface area contributed by atoms with Crippen molar-refractivity contribution in [3.63, 3.8) is 0 Å². The Balaban J connectivity index is 1.94. The van der Waals surface area contributed by atoms with E-state index in [1.54, 1.807) is 18.4 Å². The first-order valence-electron chi connectivity index (χ1n) is 9.39. The van der Waals surface area contributed by atoms with Gasteiger partial charge in [-0.1, -0.05) is 51.1 Å². The zero-order valence-electron chi connectivity index (χ0n) is 17.1. The second-order valence-corrected chi connectivity index (χ2v) is 8.21. The molecule has 1 aromatic heterocycles. The highest BCUT2D eigenvalue weighted by Gasteiger charge is 2.26. The minimum absolute atomic E-state index is 0.0606. The van der Waals surface area contributed by atoms with Gasteiger partial charge in [0.15, 0.2) is 0 Å². The van der Waals surface area contributed by atoms with Crippen molar-refractivity contribution >= 4 is 23.3 Å². The summed E-state index contributed by atoms with van der Waals surface area (Å²) in [5.74, 6) is -0.193. The Kier molecular flexibility index (Phi) is 7.99. The highest BCUT2D eigenvalue weighted by molar-refractivity contribution is 7.09. The number of carbonyl (C=O) groups excluding carboxylic acids is 2.